The molecule has 1 amide bonds. The molecular weight excluding hydrogens is 413 g/mol. The van der Waals surface area contributed by atoms with Gasteiger partial charge in [-0.25, -0.2) is 9.37 Å². The van der Waals surface area contributed by atoms with Crippen molar-refractivity contribution in [3.63, 3.8) is 0 Å². The summed E-state index contributed by atoms with van der Waals surface area (Å²) in [6.07, 6.45) is 4.47. The van der Waals surface area contributed by atoms with E-state index in [1.54, 1.807) is 18.3 Å². The number of thiazole rings is 1. The lowest BCUT2D eigenvalue weighted by Crippen LogP contribution is -2.50. The smallest absolute Gasteiger partial charge is 0.274 e. The maximum atomic E-state index is 13.8. The molecule has 1 aromatic carbocycles. The SMILES string of the molecule is Cc1nc(C(=O)N2CCCCC2(C)c2cc3ncccc3o2)c(-c2ccc(F)cc2)s1. The molecule has 1 atom stereocenters. The first-order valence-corrected chi connectivity index (χ1v) is 11.2. The zero-order valence-corrected chi connectivity index (χ0v) is 18.2. The Bertz CT molecular complexity index is 1230. The number of pyridine rings is 1. The monoisotopic (exact) mass is 435 g/mol. The van der Waals surface area contributed by atoms with Crippen LogP contribution < -0.4 is 0 Å². The lowest BCUT2D eigenvalue weighted by molar-refractivity contribution is 0.0286. The largest absolute Gasteiger partial charge is 0.457 e. The van der Waals surface area contributed by atoms with E-state index in [4.69, 9.17) is 4.42 Å². The predicted molar refractivity (Wildman–Crippen MR) is 118 cm³/mol. The van der Waals surface area contributed by atoms with Gasteiger partial charge in [0.2, 0.25) is 0 Å². The minimum Gasteiger partial charge on any atom is -0.457 e. The summed E-state index contributed by atoms with van der Waals surface area (Å²) in [7, 11) is 0. The lowest BCUT2D eigenvalue weighted by Gasteiger charge is -2.43. The van der Waals surface area contributed by atoms with Gasteiger partial charge in [0, 0.05) is 18.8 Å². The fourth-order valence-corrected chi connectivity index (χ4v) is 5.25. The number of piperidine rings is 1. The minimum absolute atomic E-state index is 0.126. The van der Waals surface area contributed by atoms with E-state index in [0.717, 1.165) is 46.0 Å². The van der Waals surface area contributed by atoms with Crippen LogP contribution in [0.15, 0.2) is 53.1 Å². The Morgan fingerprint density at radius 3 is 2.81 bits per heavy atom. The van der Waals surface area contributed by atoms with Crippen LogP contribution in [0.1, 0.15) is 47.4 Å². The second kappa shape index (κ2) is 7.57. The number of hydrogen-bond acceptors (Lipinski definition) is 5. The zero-order chi connectivity index (χ0) is 21.6. The number of fused-ring (bicyclic) bond motifs is 1. The molecule has 0 aliphatic carbocycles. The molecule has 0 bridgehead atoms. The van der Waals surface area contributed by atoms with Crippen molar-refractivity contribution in [3.05, 3.63) is 70.9 Å². The van der Waals surface area contributed by atoms with Gasteiger partial charge in [-0.15, -0.1) is 11.3 Å². The molecular formula is C24H22FN3O2S. The summed E-state index contributed by atoms with van der Waals surface area (Å²) in [5.41, 5.74) is 2.12. The van der Waals surface area contributed by atoms with Gasteiger partial charge in [-0.1, -0.05) is 12.1 Å². The van der Waals surface area contributed by atoms with Crippen molar-refractivity contribution in [2.75, 3.05) is 6.54 Å². The number of likely N-dealkylation sites (tertiary alicyclic amines) is 1. The summed E-state index contributed by atoms with van der Waals surface area (Å²) in [5, 5.41) is 0.800. The van der Waals surface area contributed by atoms with Crippen LogP contribution >= 0.6 is 11.3 Å². The second-order valence-electron chi connectivity index (χ2n) is 8.10. The normalized spacial score (nSPS) is 19.1. The molecule has 31 heavy (non-hydrogen) atoms. The van der Waals surface area contributed by atoms with E-state index in [-0.39, 0.29) is 11.7 Å². The molecule has 0 N–H and O–H groups in total. The van der Waals surface area contributed by atoms with Crippen molar-refractivity contribution in [2.24, 2.45) is 0 Å². The van der Waals surface area contributed by atoms with E-state index in [0.29, 0.717) is 17.8 Å². The van der Waals surface area contributed by atoms with Crippen molar-refractivity contribution in [1.82, 2.24) is 14.9 Å². The van der Waals surface area contributed by atoms with Gasteiger partial charge >= 0.3 is 0 Å². The van der Waals surface area contributed by atoms with Crippen molar-refractivity contribution in [1.29, 1.82) is 0 Å². The number of benzene rings is 1. The molecule has 4 aromatic rings. The molecule has 158 valence electrons. The highest BCUT2D eigenvalue weighted by atomic mass is 32.1. The average Bonchev–Trinajstić information content (AvgIpc) is 3.38. The number of amides is 1. The molecule has 1 saturated heterocycles. The standard InChI is InChI=1S/C24H22FN3O2S/c1-15-27-21(22(31-15)16-7-9-17(25)10-8-16)23(29)28-13-4-3-11-24(28,2)20-14-18-19(30-20)6-5-12-26-18/h5-10,12,14H,3-4,11,13H2,1-2H3. The van der Waals surface area contributed by atoms with E-state index in [2.05, 4.69) is 16.9 Å². The van der Waals surface area contributed by atoms with Crippen molar-refractivity contribution < 1.29 is 13.6 Å². The second-order valence-corrected chi connectivity index (χ2v) is 9.31. The topological polar surface area (TPSA) is 59.2 Å². The Labute approximate surface area is 183 Å². The van der Waals surface area contributed by atoms with Gasteiger partial charge in [-0.3, -0.25) is 9.78 Å². The third kappa shape index (κ3) is 3.43. The first kappa shape index (κ1) is 19.9. The zero-order valence-electron chi connectivity index (χ0n) is 17.4. The molecule has 0 spiro atoms. The molecule has 1 unspecified atom stereocenters. The van der Waals surface area contributed by atoms with E-state index in [1.165, 1.54) is 23.5 Å². The Morgan fingerprint density at radius 1 is 1.23 bits per heavy atom. The van der Waals surface area contributed by atoms with Crippen molar-refractivity contribution in [3.8, 4) is 10.4 Å². The van der Waals surface area contributed by atoms with Crippen LogP contribution in [-0.4, -0.2) is 27.3 Å². The molecule has 5 nitrogen and oxygen atoms in total. The molecule has 1 fully saturated rings. The molecule has 1 aliphatic rings. The van der Waals surface area contributed by atoms with Crippen LogP contribution in [0.5, 0.6) is 0 Å². The summed E-state index contributed by atoms with van der Waals surface area (Å²) in [4.78, 5) is 25.4. The summed E-state index contributed by atoms with van der Waals surface area (Å²) >= 11 is 1.45. The number of nitrogens with zero attached hydrogens (tertiary/aromatic N) is 3. The molecule has 4 heterocycles. The number of aryl methyl sites for hydroxylation is 1. The van der Waals surface area contributed by atoms with Crippen LogP contribution in [-0.2, 0) is 5.54 Å². The maximum Gasteiger partial charge on any atom is 0.274 e. The molecule has 0 saturated carbocycles. The van der Waals surface area contributed by atoms with Crippen LogP contribution in [0.2, 0.25) is 0 Å². The average molecular weight is 436 g/mol. The summed E-state index contributed by atoms with van der Waals surface area (Å²) in [5.74, 6) is 0.309. The van der Waals surface area contributed by atoms with Crippen LogP contribution in [0.4, 0.5) is 4.39 Å². The first-order chi connectivity index (χ1) is 15.0. The number of carbonyl (C=O) groups is 1. The van der Waals surface area contributed by atoms with E-state index >= 15 is 0 Å². The van der Waals surface area contributed by atoms with Crippen molar-refractivity contribution >= 4 is 28.3 Å². The van der Waals surface area contributed by atoms with E-state index < -0.39 is 5.54 Å². The number of hydrogen-bond donors (Lipinski definition) is 0. The van der Waals surface area contributed by atoms with Gasteiger partial charge < -0.3 is 9.32 Å². The molecule has 3 aromatic heterocycles. The Balaban J connectivity index is 1.57. The number of carbonyl (C=O) groups excluding carboxylic acids is 1. The summed E-state index contributed by atoms with van der Waals surface area (Å²) in [6.45, 7) is 4.56. The fourth-order valence-electron chi connectivity index (χ4n) is 4.33. The van der Waals surface area contributed by atoms with Gasteiger partial charge in [0.1, 0.15) is 22.8 Å². The highest BCUT2D eigenvalue weighted by Gasteiger charge is 2.43. The van der Waals surface area contributed by atoms with Gasteiger partial charge in [-0.05, 0) is 62.9 Å². The van der Waals surface area contributed by atoms with Gasteiger partial charge in [0.25, 0.3) is 5.91 Å². The van der Waals surface area contributed by atoms with Gasteiger partial charge in [-0.2, -0.15) is 0 Å². The Hall–Kier alpha value is -3.06. The summed E-state index contributed by atoms with van der Waals surface area (Å²) < 4.78 is 19.6. The predicted octanol–water partition coefficient (Wildman–Crippen LogP) is 5.94. The number of furan rings is 1. The Morgan fingerprint density at radius 2 is 2.03 bits per heavy atom. The van der Waals surface area contributed by atoms with E-state index in [1.807, 2.05) is 30.0 Å². The highest BCUT2D eigenvalue weighted by molar-refractivity contribution is 7.15. The lowest BCUT2D eigenvalue weighted by atomic mass is 9.85. The molecule has 1 aliphatic heterocycles. The molecule has 7 heteroatoms. The maximum absolute atomic E-state index is 13.8. The molecule has 5 rings (SSSR count). The third-order valence-corrected chi connectivity index (χ3v) is 7.02. The summed E-state index contributed by atoms with van der Waals surface area (Å²) in [6, 6.07) is 11.9. The number of aromatic nitrogens is 2. The number of rotatable bonds is 3. The minimum atomic E-state index is -0.590. The van der Waals surface area contributed by atoms with Crippen molar-refractivity contribution in [2.45, 2.75) is 38.6 Å². The quantitative estimate of drug-likeness (QED) is 0.400. The third-order valence-electron chi connectivity index (χ3n) is 6.00. The number of halogens is 1. The first-order valence-electron chi connectivity index (χ1n) is 10.4. The van der Waals surface area contributed by atoms with Crippen LogP contribution in [0.25, 0.3) is 21.5 Å². The highest BCUT2D eigenvalue weighted by Crippen LogP contribution is 2.41. The van der Waals surface area contributed by atoms with Crippen LogP contribution in [0.3, 0.4) is 0 Å². The van der Waals surface area contributed by atoms with Gasteiger partial charge in [0.15, 0.2) is 5.58 Å². The Kier molecular flexibility index (Phi) is 4.85. The molecule has 0 radical (unpaired) electrons. The van der Waals surface area contributed by atoms with E-state index in [9.17, 15) is 9.18 Å². The van der Waals surface area contributed by atoms with Crippen LogP contribution in [0, 0.1) is 12.7 Å². The fraction of sp³-hybridized carbons (Fsp3) is 0.292. The van der Waals surface area contributed by atoms with Gasteiger partial charge in [0.05, 0.1) is 15.4 Å².